The van der Waals surface area contributed by atoms with Crippen molar-refractivity contribution >= 4 is 17.4 Å². The highest BCUT2D eigenvalue weighted by atomic mass is 16.3. The van der Waals surface area contributed by atoms with Crippen molar-refractivity contribution in [2.75, 3.05) is 11.4 Å². The minimum Gasteiger partial charge on any atom is -0.375 e. The Balaban J connectivity index is 1.97. The third-order valence-corrected chi connectivity index (χ3v) is 5.08. The summed E-state index contributed by atoms with van der Waals surface area (Å²) in [5.74, 6) is -0.611. The molecule has 1 heterocycles. The summed E-state index contributed by atoms with van der Waals surface area (Å²) in [7, 11) is 0. The van der Waals surface area contributed by atoms with Gasteiger partial charge in [0.15, 0.2) is 11.4 Å². The van der Waals surface area contributed by atoms with Crippen LogP contribution in [0.5, 0.6) is 0 Å². The molecule has 4 heteroatoms. The van der Waals surface area contributed by atoms with Crippen molar-refractivity contribution in [1.29, 1.82) is 0 Å². The first kappa shape index (κ1) is 18.3. The summed E-state index contributed by atoms with van der Waals surface area (Å²) in [6.45, 7) is 6.40. The van der Waals surface area contributed by atoms with E-state index in [2.05, 4.69) is 6.92 Å². The second-order valence-electron chi connectivity index (χ2n) is 7.11. The van der Waals surface area contributed by atoms with E-state index in [1.54, 1.807) is 17.0 Å². The number of fused-ring (bicyclic) bond motifs is 1. The molecular weight excluding hydrogens is 326 g/mol. The number of hydrogen-bond acceptors (Lipinski definition) is 3. The Labute approximate surface area is 154 Å². The number of carbonyl (C=O) groups is 2. The number of rotatable bonds is 6. The SMILES string of the molecule is CCCCN1C(=O)C(O)(CC(=O)c2cc(C)ccc2C)c2ccccc21. The maximum absolute atomic E-state index is 13.0. The lowest BCUT2D eigenvalue weighted by Gasteiger charge is -2.23. The average Bonchev–Trinajstić information content (AvgIpc) is 2.83. The van der Waals surface area contributed by atoms with Crippen molar-refractivity contribution in [3.8, 4) is 0 Å². The van der Waals surface area contributed by atoms with Gasteiger partial charge in [0.05, 0.1) is 12.1 Å². The van der Waals surface area contributed by atoms with Crippen LogP contribution in [-0.4, -0.2) is 23.3 Å². The van der Waals surface area contributed by atoms with Gasteiger partial charge in [-0.15, -0.1) is 0 Å². The van der Waals surface area contributed by atoms with Gasteiger partial charge in [-0.3, -0.25) is 9.59 Å². The minimum absolute atomic E-state index is 0.214. The summed E-state index contributed by atoms with van der Waals surface area (Å²) in [6, 6.07) is 12.9. The second-order valence-corrected chi connectivity index (χ2v) is 7.11. The number of Topliss-reactive ketones (excluding diaryl/α,β-unsaturated/α-hetero) is 1. The van der Waals surface area contributed by atoms with Gasteiger partial charge in [0, 0.05) is 17.7 Å². The number of ketones is 1. The minimum atomic E-state index is -1.79. The summed E-state index contributed by atoms with van der Waals surface area (Å²) in [5.41, 5.74) is 1.84. The fourth-order valence-corrected chi connectivity index (χ4v) is 3.58. The number of unbranched alkanes of at least 4 members (excludes halogenated alkanes) is 1. The van der Waals surface area contributed by atoms with E-state index >= 15 is 0 Å². The maximum Gasteiger partial charge on any atom is 0.264 e. The van der Waals surface area contributed by atoms with E-state index in [0.717, 1.165) is 24.0 Å². The van der Waals surface area contributed by atoms with E-state index in [1.165, 1.54) is 0 Å². The van der Waals surface area contributed by atoms with Crippen molar-refractivity contribution in [2.45, 2.75) is 45.6 Å². The van der Waals surface area contributed by atoms with E-state index in [1.807, 2.05) is 44.2 Å². The molecular formula is C22H25NO3. The predicted molar refractivity (Wildman–Crippen MR) is 102 cm³/mol. The Morgan fingerprint density at radius 1 is 1.15 bits per heavy atom. The molecule has 4 nitrogen and oxygen atoms in total. The number of para-hydroxylation sites is 1. The lowest BCUT2D eigenvalue weighted by molar-refractivity contribution is -0.135. The Morgan fingerprint density at radius 2 is 1.88 bits per heavy atom. The van der Waals surface area contributed by atoms with Gasteiger partial charge >= 0.3 is 0 Å². The van der Waals surface area contributed by atoms with Crippen LogP contribution in [0.1, 0.15) is 53.2 Å². The van der Waals surface area contributed by atoms with Gasteiger partial charge in [0.25, 0.3) is 5.91 Å². The molecule has 0 bridgehead atoms. The van der Waals surface area contributed by atoms with Gasteiger partial charge in [-0.1, -0.05) is 49.2 Å². The van der Waals surface area contributed by atoms with Crippen LogP contribution in [0.2, 0.25) is 0 Å². The Bertz CT molecular complexity index is 858. The summed E-state index contributed by atoms with van der Waals surface area (Å²) >= 11 is 0. The molecule has 1 amide bonds. The summed E-state index contributed by atoms with van der Waals surface area (Å²) < 4.78 is 0. The van der Waals surface area contributed by atoms with Crippen molar-refractivity contribution in [3.63, 3.8) is 0 Å². The number of benzene rings is 2. The third-order valence-electron chi connectivity index (χ3n) is 5.08. The highest BCUT2D eigenvalue weighted by Gasteiger charge is 2.50. The standard InChI is InChI=1S/C22H25NO3/c1-4-5-12-23-19-9-7-6-8-18(19)22(26,21(23)25)14-20(24)17-13-15(2)10-11-16(17)3/h6-11,13,26H,4-5,12,14H2,1-3H3. The number of anilines is 1. The van der Waals surface area contributed by atoms with Crippen LogP contribution in [0.3, 0.4) is 0 Å². The monoisotopic (exact) mass is 351 g/mol. The summed E-state index contributed by atoms with van der Waals surface area (Å²) in [4.78, 5) is 27.6. The molecule has 0 aromatic heterocycles. The molecule has 2 aromatic rings. The van der Waals surface area contributed by atoms with Crippen LogP contribution in [0.15, 0.2) is 42.5 Å². The van der Waals surface area contributed by atoms with Crippen LogP contribution in [0.25, 0.3) is 0 Å². The van der Waals surface area contributed by atoms with E-state index in [-0.39, 0.29) is 12.2 Å². The lowest BCUT2D eigenvalue weighted by atomic mass is 9.87. The van der Waals surface area contributed by atoms with Crippen LogP contribution < -0.4 is 4.90 Å². The maximum atomic E-state index is 13.0. The van der Waals surface area contributed by atoms with Crippen LogP contribution >= 0.6 is 0 Å². The highest BCUT2D eigenvalue weighted by molar-refractivity contribution is 6.11. The normalized spacial score (nSPS) is 18.9. The summed E-state index contributed by atoms with van der Waals surface area (Å²) in [5, 5.41) is 11.3. The van der Waals surface area contributed by atoms with Crippen LogP contribution in [0.4, 0.5) is 5.69 Å². The molecule has 0 saturated heterocycles. The zero-order chi connectivity index (χ0) is 18.9. The molecule has 0 radical (unpaired) electrons. The van der Waals surface area contributed by atoms with Gasteiger partial charge < -0.3 is 10.0 Å². The molecule has 1 N–H and O–H groups in total. The smallest absolute Gasteiger partial charge is 0.264 e. The quantitative estimate of drug-likeness (QED) is 0.803. The number of hydrogen-bond donors (Lipinski definition) is 1. The molecule has 1 aliphatic heterocycles. The highest BCUT2D eigenvalue weighted by Crippen LogP contribution is 2.43. The lowest BCUT2D eigenvalue weighted by Crippen LogP contribution is -2.42. The number of amides is 1. The van der Waals surface area contributed by atoms with Crippen molar-refractivity contribution < 1.29 is 14.7 Å². The summed E-state index contributed by atoms with van der Waals surface area (Å²) in [6.07, 6.45) is 1.56. The molecule has 0 saturated carbocycles. The van der Waals surface area contributed by atoms with E-state index in [9.17, 15) is 14.7 Å². The van der Waals surface area contributed by atoms with Gasteiger partial charge in [0.1, 0.15) is 0 Å². The van der Waals surface area contributed by atoms with E-state index < -0.39 is 11.5 Å². The number of aryl methyl sites for hydroxylation is 2. The van der Waals surface area contributed by atoms with E-state index in [0.29, 0.717) is 23.4 Å². The molecule has 1 atom stereocenters. The Morgan fingerprint density at radius 3 is 2.62 bits per heavy atom. The largest absolute Gasteiger partial charge is 0.375 e. The molecule has 0 spiro atoms. The van der Waals surface area contributed by atoms with Gasteiger partial charge in [0.2, 0.25) is 0 Å². The van der Waals surface area contributed by atoms with Crippen molar-refractivity contribution in [2.24, 2.45) is 0 Å². The zero-order valence-corrected chi connectivity index (χ0v) is 15.6. The molecule has 1 aliphatic rings. The molecule has 2 aromatic carbocycles. The second kappa shape index (κ2) is 7.04. The van der Waals surface area contributed by atoms with Gasteiger partial charge in [-0.2, -0.15) is 0 Å². The Kier molecular flexibility index (Phi) is 4.97. The van der Waals surface area contributed by atoms with Gasteiger partial charge in [-0.25, -0.2) is 0 Å². The average molecular weight is 351 g/mol. The first-order valence-electron chi connectivity index (χ1n) is 9.12. The Hall–Kier alpha value is -2.46. The van der Waals surface area contributed by atoms with Gasteiger partial charge in [-0.05, 0) is 38.0 Å². The molecule has 1 unspecified atom stereocenters. The number of aliphatic hydroxyl groups is 1. The molecule has 0 aliphatic carbocycles. The first-order valence-corrected chi connectivity index (χ1v) is 9.12. The third kappa shape index (κ3) is 3.06. The number of nitrogens with zero attached hydrogens (tertiary/aromatic N) is 1. The van der Waals surface area contributed by atoms with Crippen LogP contribution in [-0.2, 0) is 10.4 Å². The van der Waals surface area contributed by atoms with Crippen LogP contribution in [0, 0.1) is 13.8 Å². The fourth-order valence-electron chi connectivity index (χ4n) is 3.58. The zero-order valence-electron chi connectivity index (χ0n) is 15.6. The van der Waals surface area contributed by atoms with E-state index in [4.69, 9.17) is 0 Å². The molecule has 26 heavy (non-hydrogen) atoms. The van der Waals surface area contributed by atoms with Crippen molar-refractivity contribution in [3.05, 3.63) is 64.7 Å². The first-order chi connectivity index (χ1) is 12.4. The molecule has 3 rings (SSSR count). The number of carbonyl (C=O) groups excluding carboxylic acids is 2. The predicted octanol–water partition coefficient (Wildman–Crippen LogP) is 3.91. The fraction of sp³-hybridized carbons (Fsp3) is 0.364. The topological polar surface area (TPSA) is 57.6 Å². The molecule has 0 fully saturated rings. The molecule has 136 valence electrons. The van der Waals surface area contributed by atoms with Crippen molar-refractivity contribution in [1.82, 2.24) is 0 Å².